The SMILES string of the molecule is O=C(Cc1ccc2[nH]nc(-c3ccc(OC4CCOCC4)cc3)c2c1)C(c1ccsc1)N1CCCC1. The van der Waals surface area contributed by atoms with Crippen molar-refractivity contribution < 1.29 is 14.3 Å². The molecule has 0 radical (unpaired) electrons. The van der Waals surface area contributed by atoms with E-state index < -0.39 is 0 Å². The summed E-state index contributed by atoms with van der Waals surface area (Å²) in [5, 5.41) is 13.0. The van der Waals surface area contributed by atoms with Crippen LogP contribution in [0.5, 0.6) is 5.75 Å². The van der Waals surface area contributed by atoms with Gasteiger partial charge in [-0.15, -0.1) is 0 Å². The molecule has 2 aromatic heterocycles. The van der Waals surface area contributed by atoms with Gasteiger partial charge >= 0.3 is 0 Å². The number of fused-ring (bicyclic) bond motifs is 1. The first kappa shape index (κ1) is 23.4. The first-order valence-electron chi connectivity index (χ1n) is 12.9. The lowest BCUT2D eigenvalue weighted by Crippen LogP contribution is -2.32. The van der Waals surface area contributed by atoms with Crippen LogP contribution in [0, 0.1) is 0 Å². The second kappa shape index (κ2) is 10.5. The number of hydrogen-bond acceptors (Lipinski definition) is 6. The normalized spacial score (nSPS) is 18.0. The molecule has 0 amide bonds. The topological polar surface area (TPSA) is 67.5 Å². The van der Waals surface area contributed by atoms with Crippen LogP contribution in [0.15, 0.2) is 59.3 Å². The van der Waals surface area contributed by atoms with Crippen molar-refractivity contribution in [2.24, 2.45) is 0 Å². The Kier molecular flexibility index (Phi) is 6.86. The number of likely N-dealkylation sites (tertiary alicyclic amines) is 1. The molecule has 2 fully saturated rings. The third kappa shape index (κ3) is 4.96. The number of ether oxygens (including phenoxy) is 2. The van der Waals surface area contributed by atoms with Crippen LogP contribution in [-0.4, -0.2) is 53.3 Å². The number of benzene rings is 2. The number of Topliss-reactive ketones (excluding diaryl/α,β-unsaturated/α-hetero) is 1. The molecule has 7 heteroatoms. The number of nitrogens with one attached hydrogen (secondary N) is 1. The molecule has 2 aromatic carbocycles. The van der Waals surface area contributed by atoms with Crippen molar-refractivity contribution in [2.45, 2.75) is 44.2 Å². The van der Waals surface area contributed by atoms with Gasteiger partial charge in [0.1, 0.15) is 11.9 Å². The minimum absolute atomic E-state index is 0.151. The van der Waals surface area contributed by atoms with E-state index in [1.807, 2.05) is 24.3 Å². The molecule has 4 aromatic rings. The number of nitrogens with zero attached hydrogens (tertiary/aromatic N) is 2. The molecule has 0 spiro atoms. The Hall–Kier alpha value is -3.00. The van der Waals surface area contributed by atoms with Gasteiger partial charge in [-0.3, -0.25) is 14.8 Å². The number of ketones is 1. The molecule has 4 heterocycles. The Morgan fingerprint density at radius 2 is 1.92 bits per heavy atom. The number of rotatable bonds is 8. The summed E-state index contributed by atoms with van der Waals surface area (Å²) in [6, 6.07) is 16.3. The lowest BCUT2D eigenvalue weighted by molar-refractivity contribution is -0.123. The molecular weight excluding hydrogens is 470 g/mol. The molecule has 0 saturated carbocycles. The summed E-state index contributed by atoms with van der Waals surface area (Å²) in [4.78, 5) is 15.9. The third-order valence-electron chi connectivity index (χ3n) is 7.27. The van der Waals surface area contributed by atoms with Crippen LogP contribution in [0.1, 0.15) is 42.9 Å². The van der Waals surface area contributed by atoms with Gasteiger partial charge in [0.15, 0.2) is 5.78 Å². The largest absolute Gasteiger partial charge is 0.490 e. The van der Waals surface area contributed by atoms with Crippen LogP contribution in [-0.2, 0) is 16.0 Å². The monoisotopic (exact) mass is 501 g/mol. The van der Waals surface area contributed by atoms with E-state index in [-0.39, 0.29) is 17.9 Å². The van der Waals surface area contributed by atoms with Crippen molar-refractivity contribution in [3.63, 3.8) is 0 Å². The van der Waals surface area contributed by atoms with E-state index in [9.17, 15) is 4.79 Å². The summed E-state index contributed by atoms with van der Waals surface area (Å²) in [6.07, 6.45) is 4.81. The number of H-pyrrole nitrogens is 1. The molecule has 186 valence electrons. The number of carbonyl (C=O) groups excluding carboxylic acids is 1. The van der Waals surface area contributed by atoms with Gasteiger partial charge < -0.3 is 9.47 Å². The van der Waals surface area contributed by atoms with Crippen LogP contribution >= 0.6 is 11.3 Å². The number of hydrogen-bond donors (Lipinski definition) is 1. The Labute approximate surface area is 215 Å². The van der Waals surface area contributed by atoms with Crippen molar-refractivity contribution in [3.05, 3.63) is 70.4 Å². The van der Waals surface area contributed by atoms with Crippen LogP contribution in [0.3, 0.4) is 0 Å². The maximum absolute atomic E-state index is 13.5. The van der Waals surface area contributed by atoms with E-state index in [1.165, 1.54) is 0 Å². The molecule has 0 bridgehead atoms. The zero-order valence-electron chi connectivity index (χ0n) is 20.3. The summed E-state index contributed by atoms with van der Waals surface area (Å²) in [5.74, 6) is 1.13. The number of carbonyl (C=O) groups is 1. The Balaban J connectivity index is 1.21. The summed E-state index contributed by atoms with van der Waals surface area (Å²) in [6.45, 7) is 3.51. The lowest BCUT2D eigenvalue weighted by atomic mass is 9.97. The molecule has 2 saturated heterocycles. The van der Waals surface area contributed by atoms with Gasteiger partial charge in [-0.25, -0.2) is 0 Å². The Bertz CT molecular complexity index is 1300. The van der Waals surface area contributed by atoms with Crippen molar-refractivity contribution in [3.8, 4) is 17.0 Å². The molecular formula is C29H31N3O3S. The van der Waals surface area contributed by atoms with Crippen LogP contribution in [0.25, 0.3) is 22.2 Å². The minimum atomic E-state index is -0.151. The van der Waals surface area contributed by atoms with Crippen LogP contribution in [0.4, 0.5) is 0 Å². The second-order valence-electron chi connectivity index (χ2n) is 9.75. The molecule has 1 atom stereocenters. The molecule has 36 heavy (non-hydrogen) atoms. The summed E-state index contributed by atoms with van der Waals surface area (Å²) in [7, 11) is 0. The lowest BCUT2D eigenvalue weighted by Gasteiger charge is -2.26. The highest BCUT2D eigenvalue weighted by Gasteiger charge is 2.30. The van der Waals surface area contributed by atoms with E-state index in [1.54, 1.807) is 11.3 Å². The standard InChI is InChI=1S/C29H31N3O3S/c33-27(29(22-11-16-36-19-22)32-12-1-2-13-32)18-20-3-8-26-25(17-20)28(31-30-26)21-4-6-23(7-5-21)35-24-9-14-34-15-10-24/h3-8,11,16-17,19,24,29H,1-2,9-10,12-15,18H2,(H,30,31). The quantitative estimate of drug-likeness (QED) is 0.331. The van der Waals surface area contributed by atoms with Gasteiger partial charge in [-0.05, 0) is 90.3 Å². The fourth-order valence-corrected chi connectivity index (χ4v) is 6.08. The Morgan fingerprint density at radius 1 is 1.11 bits per heavy atom. The van der Waals surface area contributed by atoms with E-state index in [4.69, 9.17) is 9.47 Å². The summed E-state index contributed by atoms with van der Waals surface area (Å²) < 4.78 is 11.5. The average Bonchev–Trinajstić information content (AvgIpc) is 3.69. The molecule has 6 nitrogen and oxygen atoms in total. The number of aromatic amines is 1. The first-order valence-corrected chi connectivity index (χ1v) is 13.8. The fraction of sp³-hybridized carbons (Fsp3) is 0.379. The maximum Gasteiger partial charge on any atom is 0.158 e. The number of aromatic nitrogens is 2. The van der Waals surface area contributed by atoms with Gasteiger partial charge in [0, 0.05) is 30.2 Å². The highest BCUT2D eigenvalue weighted by molar-refractivity contribution is 7.08. The molecule has 1 N–H and O–H groups in total. The number of thiophene rings is 1. The molecule has 1 unspecified atom stereocenters. The summed E-state index contributed by atoms with van der Waals surface area (Å²) in [5.41, 5.74) is 5.04. The van der Waals surface area contributed by atoms with Crippen molar-refractivity contribution in [1.29, 1.82) is 0 Å². The third-order valence-corrected chi connectivity index (χ3v) is 7.98. The fourth-order valence-electron chi connectivity index (χ4n) is 5.40. The van der Waals surface area contributed by atoms with Crippen LogP contribution in [0.2, 0.25) is 0 Å². The molecule has 2 aliphatic heterocycles. The molecule has 0 aliphatic carbocycles. The first-order chi connectivity index (χ1) is 17.7. The molecule has 6 rings (SSSR count). The van der Waals surface area contributed by atoms with Gasteiger partial charge in [0.2, 0.25) is 0 Å². The summed E-state index contributed by atoms with van der Waals surface area (Å²) >= 11 is 1.66. The van der Waals surface area contributed by atoms with Gasteiger partial charge in [0.25, 0.3) is 0 Å². The van der Waals surface area contributed by atoms with Crippen molar-refractivity contribution in [2.75, 3.05) is 26.3 Å². The average molecular weight is 502 g/mol. The van der Waals surface area contributed by atoms with Crippen molar-refractivity contribution in [1.82, 2.24) is 15.1 Å². The van der Waals surface area contributed by atoms with E-state index in [0.29, 0.717) is 6.42 Å². The van der Waals surface area contributed by atoms with Crippen LogP contribution < -0.4 is 4.74 Å². The van der Waals surface area contributed by atoms with E-state index in [0.717, 1.165) is 91.0 Å². The van der Waals surface area contributed by atoms with E-state index >= 15 is 0 Å². The Morgan fingerprint density at radius 3 is 2.67 bits per heavy atom. The van der Waals surface area contributed by atoms with Gasteiger partial charge in [0.05, 0.1) is 30.5 Å². The zero-order valence-corrected chi connectivity index (χ0v) is 21.1. The van der Waals surface area contributed by atoms with Gasteiger partial charge in [-0.1, -0.05) is 6.07 Å². The predicted octanol–water partition coefficient (Wildman–Crippen LogP) is 5.80. The minimum Gasteiger partial charge on any atom is -0.490 e. The zero-order chi connectivity index (χ0) is 24.3. The highest BCUT2D eigenvalue weighted by Crippen LogP contribution is 2.32. The molecule has 2 aliphatic rings. The van der Waals surface area contributed by atoms with E-state index in [2.05, 4.69) is 50.1 Å². The smallest absolute Gasteiger partial charge is 0.158 e. The second-order valence-corrected chi connectivity index (χ2v) is 10.5. The maximum atomic E-state index is 13.5. The van der Waals surface area contributed by atoms with Crippen molar-refractivity contribution >= 4 is 28.0 Å². The highest BCUT2D eigenvalue weighted by atomic mass is 32.1. The van der Waals surface area contributed by atoms with Gasteiger partial charge in [-0.2, -0.15) is 16.4 Å². The predicted molar refractivity (Wildman–Crippen MR) is 143 cm³/mol.